The van der Waals surface area contributed by atoms with Gasteiger partial charge >= 0.3 is 86.8 Å². The summed E-state index contributed by atoms with van der Waals surface area (Å²) in [6, 6.07) is 30.5. The Morgan fingerprint density at radius 1 is 0.443 bits per heavy atom. The summed E-state index contributed by atoms with van der Waals surface area (Å²) < 4.78 is 137. The maximum absolute atomic E-state index is 14.8. The summed E-state index contributed by atoms with van der Waals surface area (Å²) in [6.45, 7) is 23.6. The van der Waals surface area contributed by atoms with E-state index in [1.807, 2.05) is 76.2 Å². The Labute approximate surface area is 529 Å². The summed E-state index contributed by atoms with van der Waals surface area (Å²) >= 11 is 0. The third-order valence-electron chi connectivity index (χ3n) is 15.1. The first-order valence-electron chi connectivity index (χ1n) is 31.0. The van der Waals surface area contributed by atoms with Crippen molar-refractivity contribution in [1.82, 2.24) is 4.90 Å². The zero-order valence-electron chi connectivity index (χ0n) is 52.7. The van der Waals surface area contributed by atoms with Crippen molar-refractivity contribution in [3.8, 4) is 33.8 Å². The fourth-order valence-electron chi connectivity index (χ4n) is 12.4. The van der Waals surface area contributed by atoms with E-state index in [9.17, 15) is 24.1 Å². The van der Waals surface area contributed by atoms with E-state index in [2.05, 4.69) is 55.4 Å². The molecule has 3 N–H and O–H groups in total. The minimum absolute atomic E-state index is 0.00620. The zero-order valence-corrected chi connectivity index (χ0v) is 62.5. The van der Waals surface area contributed by atoms with Gasteiger partial charge in [0.2, 0.25) is 0 Å². The lowest BCUT2D eigenvalue weighted by atomic mass is 10.0. The number of nitrogens with zero attached hydrogens (tertiary/aromatic N) is 1. The van der Waals surface area contributed by atoms with Gasteiger partial charge in [0.1, 0.15) is 11.5 Å². The molecule has 6 aliphatic heterocycles. The van der Waals surface area contributed by atoms with Crippen LogP contribution in [0.2, 0.25) is 42.3 Å². The maximum Gasteiger partial charge on any atom is 0.483 e. The predicted molar refractivity (Wildman–Crippen MR) is 347 cm³/mol. The molecule has 0 spiro atoms. The summed E-state index contributed by atoms with van der Waals surface area (Å²) in [5.41, 5.74) is 2.92. The van der Waals surface area contributed by atoms with E-state index in [0.717, 1.165) is 11.1 Å². The molecule has 4 aromatic rings. The monoisotopic (exact) mass is 1390 g/mol. The zero-order chi connectivity index (χ0) is 63.1. The Kier molecular flexibility index (Phi) is 21.4. The van der Waals surface area contributed by atoms with Crippen LogP contribution in [0.1, 0.15) is 89.5 Å². The van der Waals surface area contributed by atoms with E-state index in [0.29, 0.717) is 45.3 Å². The van der Waals surface area contributed by atoms with Crippen LogP contribution in [0.4, 0.5) is 0 Å². The molecule has 2 radical (unpaired) electrons. The van der Waals surface area contributed by atoms with Gasteiger partial charge in [-0.1, -0.05) is 156 Å². The van der Waals surface area contributed by atoms with Gasteiger partial charge in [-0.25, -0.2) is 9.13 Å². The Morgan fingerprint density at radius 2 is 0.773 bits per heavy atom. The summed E-state index contributed by atoms with van der Waals surface area (Å²) in [4.78, 5) is 15.4. The van der Waals surface area contributed by atoms with Gasteiger partial charge in [-0.3, -0.25) is 13.9 Å². The minimum Gasteiger partial charge on any atom is -0.421 e. The lowest BCUT2D eigenvalue weighted by molar-refractivity contribution is -0.00173. The van der Waals surface area contributed by atoms with Gasteiger partial charge in [0.25, 0.3) is 0 Å². The van der Waals surface area contributed by atoms with Gasteiger partial charge in [-0.15, -0.1) is 0 Å². The number of aliphatic hydroxyl groups is 2. The smallest absolute Gasteiger partial charge is 0.421 e. The topological polar surface area (TPSA) is 237 Å². The average molecular weight is 1390 g/mol. The fourth-order valence-corrected chi connectivity index (χ4v) is 58.6. The van der Waals surface area contributed by atoms with Gasteiger partial charge in [0.05, 0.1) is 36.0 Å². The quantitative estimate of drug-likeness (QED) is 0.0391. The molecule has 0 saturated carbocycles. The van der Waals surface area contributed by atoms with Crippen molar-refractivity contribution < 1.29 is 87.5 Å². The average Bonchev–Trinajstić information content (AvgIpc) is 2.89. The van der Waals surface area contributed by atoms with Crippen LogP contribution in [0.15, 0.2) is 97.1 Å². The molecule has 10 rings (SSSR count). The lowest BCUT2D eigenvalue weighted by Crippen LogP contribution is -2.84. The summed E-state index contributed by atoms with van der Waals surface area (Å²) in [6.07, 6.45) is -2.43. The number of rotatable bonds is 26. The first-order valence-corrected chi connectivity index (χ1v) is 48.5. The Hall–Kier alpha value is -2.00. The van der Waals surface area contributed by atoms with Crippen LogP contribution in [0, 0.1) is 35.5 Å². The number of hydrogen-bond donors (Lipinski definition) is 3. The van der Waals surface area contributed by atoms with Crippen LogP contribution in [-0.4, -0.2) is 137 Å². The molecule has 11 atom stereocenters. The summed E-state index contributed by atoms with van der Waals surface area (Å²) in [5.74, 6) is 0.395. The molecule has 6 aliphatic rings. The number of para-hydroxylation sites is 2. The van der Waals surface area contributed by atoms with Crippen LogP contribution in [0.25, 0.3) is 22.3 Å². The highest BCUT2D eigenvalue weighted by Crippen LogP contribution is 2.57. The van der Waals surface area contributed by atoms with Crippen LogP contribution in [0.3, 0.4) is 0 Å². The first kappa shape index (κ1) is 68.8. The first-order chi connectivity index (χ1) is 41.5. The lowest BCUT2D eigenvalue weighted by Gasteiger charge is -2.59. The summed E-state index contributed by atoms with van der Waals surface area (Å²) in [7, 11) is -38.8. The van der Waals surface area contributed by atoms with Gasteiger partial charge in [0, 0.05) is 77.7 Å². The van der Waals surface area contributed by atoms with E-state index in [-0.39, 0.29) is 91.8 Å². The molecule has 21 nitrogen and oxygen atoms in total. The highest BCUT2D eigenvalue weighted by atomic mass is 31.2. The molecule has 11 unspecified atom stereocenters. The fraction of sp³-hybridized carbons (Fsp3) is 0.579. The van der Waals surface area contributed by atoms with Crippen molar-refractivity contribution in [1.29, 1.82) is 0 Å². The van der Waals surface area contributed by atoms with Crippen molar-refractivity contribution in [3.63, 3.8) is 0 Å². The third kappa shape index (κ3) is 15.9. The van der Waals surface area contributed by atoms with E-state index in [1.54, 1.807) is 53.4 Å². The molecule has 0 aromatic heterocycles. The van der Waals surface area contributed by atoms with E-state index >= 15 is 0 Å². The molecule has 0 aliphatic carbocycles. The number of fused-ring (bicyclic) bond motifs is 10. The van der Waals surface area contributed by atoms with Crippen molar-refractivity contribution in [2.75, 3.05) is 32.8 Å². The molecule has 4 fully saturated rings. The molecule has 484 valence electrons. The van der Waals surface area contributed by atoms with Gasteiger partial charge in [0.15, 0.2) is 0 Å². The molecular weight excluding hydrogens is 1310 g/mol. The van der Waals surface area contributed by atoms with Crippen LogP contribution >= 0.6 is 15.2 Å². The molecule has 4 saturated heterocycles. The minimum atomic E-state index is -4.58. The highest BCUT2D eigenvalue weighted by Gasteiger charge is 2.78. The standard InChI is InChI=1S/C57H89NO20P2Si8/c1-42(2)36-82(63)70-83(72-84(37-43(3)4)68-81-69-85(38-44(5)6)74-86(71-82,39-45(7)8)77-87(73-83,40-46(9)10)78-88(75-84,76-85)41-47(11)12)31-21-30-58(32-48(59)34-64-79(61)56-28-19-15-24-52(56)50-22-13-17-26-54(50)66-79)33-49(60)35-65-80(62)57-29-20-16-25-53(57)51-23-14-18-27-55(51)67-80/h13-20,22-29,42-49,59-60,63H,21,30-41H2,1-12H3. The maximum atomic E-state index is 14.8. The van der Waals surface area contributed by atoms with Crippen LogP contribution in [-0.2, 0) is 63.4 Å². The Balaban J connectivity index is 1.02. The van der Waals surface area contributed by atoms with Gasteiger partial charge in [-0.2, -0.15) is 0 Å². The second kappa shape index (κ2) is 27.4. The highest BCUT2D eigenvalue weighted by molar-refractivity contribution is 7.63. The van der Waals surface area contributed by atoms with Gasteiger partial charge < -0.3 is 69.3 Å². The number of hydrogen-bond acceptors (Lipinski definition) is 21. The van der Waals surface area contributed by atoms with Crippen molar-refractivity contribution in [2.45, 2.75) is 144 Å². The Morgan fingerprint density at radius 3 is 1.19 bits per heavy atom. The molecule has 4 aromatic carbocycles. The number of aliphatic hydroxyl groups excluding tert-OH is 2. The Bertz CT molecular complexity index is 3060. The largest absolute Gasteiger partial charge is 0.483 e. The second-order valence-electron chi connectivity index (χ2n) is 26.6. The number of benzene rings is 4. The van der Waals surface area contributed by atoms with E-state index < -0.39 is 112 Å². The summed E-state index contributed by atoms with van der Waals surface area (Å²) in [5, 5.41) is 25.0. The van der Waals surface area contributed by atoms with E-state index in [1.165, 1.54) is 0 Å². The molecule has 6 heterocycles. The SMILES string of the molecule is CC(C)C[Si]1(O)O[Si]2(CCCN(CC(O)COP3(=O)Oc4ccccc4-c4ccccc43)CC(O)COP3(=O)Oc4ccccc4-c4ccccc43)O[Si]3(CC(C)C)O[Si]O[Si]4(CC(C)C)O[Si](CC(C)C)(O1)O[Si](CC(C)C)(O2)O[Si](CC(C)C)(O3)O4. The molecule has 31 heteroatoms. The molecule has 6 bridgehead atoms. The van der Waals surface area contributed by atoms with Crippen molar-refractivity contribution >= 4 is 97.4 Å². The van der Waals surface area contributed by atoms with Crippen molar-refractivity contribution in [3.05, 3.63) is 97.1 Å². The van der Waals surface area contributed by atoms with Crippen molar-refractivity contribution in [2.24, 2.45) is 35.5 Å². The van der Waals surface area contributed by atoms with E-state index in [4.69, 9.17) is 63.4 Å². The molecular formula is C57H89NO20P2Si8. The van der Waals surface area contributed by atoms with Gasteiger partial charge in [-0.05, 0) is 72.7 Å². The molecule has 0 amide bonds. The van der Waals surface area contributed by atoms with Crippen LogP contribution in [0.5, 0.6) is 11.5 Å². The second-order valence-corrected chi connectivity index (χ2v) is 52.1. The van der Waals surface area contributed by atoms with Crippen LogP contribution < -0.4 is 19.7 Å². The molecule has 88 heavy (non-hydrogen) atoms. The normalized spacial score (nSPS) is 32.3. The predicted octanol–water partition coefficient (Wildman–Crippen LogP) is 10.9. The third-order valence-corrected chi connectivity index (χ3v) is 53.4.